The van der Waals surface area contributed by atoms with Crippen molar-refractivity contribution in [3.05, 3.63) is 237 Å². The number of hydrogen-bond donors (Lipinski definition) is 1. The molecule has 0 fully saturated rings. The molecule has 0 aromatic heterocycles. The van der Waals surface area contributed by atoms with Crippen LogP contribution in [0.4, 0.5) is 17.1 Å². The molecule has 6 aromatic rings. The van der Waals surface area contributed by atoms with Gasteiger partial charge in [0.25, 0.3) is 0 Å². The Hall–Kier alpha value is -6.23. The Balaban J connectivity index is 1.26. The number of likely N-dealkylation sites (N-methyl/N-ethyl adjacent to an activating group) is 1. The SMILES string of the molecule is C=C/C(=C\C(=C(\C)CN(C)c1cc2c(cc1C)C(C)(C)c1ccccc1C2(C)C)N(C1=CC(Nc2ccccc2)CC=C1C)c1cccc2c1Sc1c(C)cccc1C2(C)C)c1ccccc1. The van der Waals surface area contributed by atoms with Crippen molar-refractivity contribution in [1.29, 1.82) is 0 Å². The van der Waals surface area contributed by atoms with Crippen molar-refractivity contribution in [2.45, 2.75) is 108 Å². The molecular formula is C63H67N3S. The van der Waals surface area contributed by atoms with Crippen molar-refractivity contribution >= 4 is 34.4 Å². The Kier molecular flexibility index (Phi) is 12.2. The first kappa shape index (κ1) is 45.9. The maximum Gasteiger partial charge on any atom is 0.0604 e. The van der Waals surface area contributed by atoms with E-state index < -0.39 is 0 Å². The fourth-order valence-corrected chi connectivity index (χ4v) is 12.6. The highest BCUT2D eigenvalue weighted by Crippen LogP contribution is 2.55. The zero-order chi connectivity index (χ0) is 47.4. The fourth-order valence-electron chi connectivity index (χ4n) is 11.1. The number of aryl methyl sites for hydroxylation is 2. The second kappa shape index (κ2) is 17.8. The van der Waals surface area contributed by atoms with Crippen molar-refractivity contribution in [3.63, 3.8) is 0 Å². The lowest BCUT2D eigenvalue weighted by molar-refractivity contribution is 0.520. The number of benzene rings is 6. The molecule has 340 valence electrons. The normalized spacial score (nSPS) is 17.9. The first-order chi connectivity index (χ1) is 32.0. The zero-order valence-electron chi connectivity index (χ0n) is 41.5. The van der Waals surface area contributed by atoms with Crippen LogP contribution in [0.5, 0.6) is 0 Å². The molecule has 2 aliphatic carbocycles. The van der Waals surface area contributed by atoms with Crippen LogP contribution >= 0.6 is 11.8 Å². The molecule has 0 saturated heterocycles. The summed E-state index contributed by atoms with van der Waals surface area (Å²) in [6.07, 6.45) is 10.2. The van der Waals surface area contributed by atoms with Gasteiger partial charge < -0.3 is 15.1 Å². The van der Waals surface area contributed by atoms with E-state index in [1.54, 1.807) is 0 Å². The summed E-state index contributed by atoms with van der Waals surface area (Å²) in [5, 5.41) is 3.87. The third kappa shape index (κ3) is 8.22. The van der Waals surface area contributed by atoms with Crippen LogP contribution in [0.3, 0.4) is 0 Å². The van der Waals surface area contributed by atoms with Crippen LogP contribution in [0.15, 0.2) is 197 Å². The van der Waals surface area contributed by atoms with Gasteiger partial charge in [-0.2, -0.15) is 0 Å². The number of para-hydroxylation sites is 1. The molecule has 1 unspecified atom stereocenters. The number of rotatable bonds is 11. The van der Waals surface area contributed by atoms with Gasteiger partial charge in [-0.1, -0.05) is 181 Å². The molecule has 6 aromatic carbocycles. The molecule has 1 aliphatic heterocycles. The molecular weight excluding hydrogens is 831 g/mol. The average molecular weight is 898 g/mol. The number of anilines is 3. The quantitative estimate of drug-likeness (QED) is 0.131. The molecule has 0 radical (unpaired) electrons. The van der Waals surface area contributed by atoms with Crippen LogP contribution in [0.25, 0.3) is 5.57 Å². The standard InChI is InChI=1S/C63H67N3S/c1-13-45(46-25-16-14-17-26-46)37-57(44(5)40-65(12)56-39-54-53(36-43(56)4)61(6,7)49-29-20-21-30-50(49)62(54,8)9)66(58-38-48(35-34-41(58)2)64-47-27-18-15-19-28-47)55-33-23-32-52-60(55)67-59-42(3)24-22-31-51(59)63(52,10)11/h13-34,36-39,48,64H,1,35,40H2,2-12H3/b45-37+,57-44+. The fraction of sp³-hybridized carbons (Fsp3) is 0.270. The second-order valence-electron chi connectivity index (χ2n) is 20.6. The molecule has 67 heavy (non-hydrogen) atoms. The van der Waals surface area contributed by atoms with Crippen molar-refractivity contribution in [3.8, 4) is 0 Å². The van der Waals surface area contributed by atoms with Crippen LogP contribution in [0.1, 0.15) is 112 Å². The highest BCUT2D eigenvalue weighted by atomic mass is 32.2. The highest BCUT2D eigenvalue weighted by Gasteiger charge is 2.42. The molecule has 0 saturated carbocycles. The number of nitrogens with one attached hydrogen (secondary N) is 1. The first-order valence-corrected chi connectivity index (χ1v) is 24.8. The largest absolute Gasteiger partial charge is 0.378 e. The lowest BCUT2D eigenvalue weighted by Crippen LogP contribution is -2.37. The minimum Gasteiger partial charge on any atom is -0.378 e. The molecule has 1 heterocycles. The van der Waals surface area contributed by atoms with Crippen molar-refractivity contribution < 1.29 is 0 Å². The van der Waals surface area contributed by atoms with Gasteiger partial charge >= 0.3 is 0 Å². The van der Waals surface area contributed by atoms with E-state index in [1.165, 1.54) is 82.5 Å². The van der Waals surface area contributed by atoms with Crippen LogP contribution < -0.4 is 15.1 Å². The van der Waals surface area contributed by atoms with Gasteiger partial charge in [-0.15, -0.1) is 0 Å². The summed E-state index contributed by atoms with van der Waals surface area (Å²) in [4.78, 5) is 7.72. The lowest BCUT2D eigenvalue weighted by Gasteiger charge is -2.44. The molecule has 0 bridgehead atoms. The predicted octanol–water partition coefficient (Wildman–Crippen LogP) is 16.3. The molecule has 0 spiro atoms. The molecule has 4 heteroatoms. The van der Waals surface area contributed by atoms with Gasteiger partial charge in [-0.3, -0.25) is 0 Å². The summed E-state index contributed by atoms with van der Waals surface area (Å²) in [5.74, 6) is 0. The summed E-state index contributed by atoms with van der Waals surface area (Å²) in [6, 6.07) is 49.3. The molecule has 9 rings (SSSR count). The molecule has 0 amide bonds. The van der Waals surface area contributed by atoms with E-state index in [1.807, 2.05) is 17.8 Å². The molecule has 3 nitrogen and oxygen atoms in total. The zero-order valence-corrected chi connectivity index (χ0v) is 42.3. The predicted molar refractivity (Wildman–Crippen MR) is 289 cm³/mol. The number of fused-ring (bicyclic) bond motifs is 4. The molecule has 1 N–H and O–H groups in total. The van der Waals surface area contributed by atoms with Gasteiger partial charge in [0.05, 0.1) is 11.7 Å². The van der Waals surface area contributed by atoms with Crippen LogP contribution in [-0.4, -0.2) is 19.6 Å². The summed E-state index contributed by atoms with van der Waals surface area (Å²) in [6.45, 7) is 28.7. The van der Waals surface area contributed by atoms with Gasteiger partial charge in [0.15, 0.2) is 0 Å². The van der Waals surface area contributed by atoms with Gasteiger partial charge in [0.2, 0.25) is 0 Å². The van der Waals surface area contributed by atoms with Gasteiger partial charge in [-0.25, -0.2) is 0 Å². The van der Waals surface area contributed by atoms with Crippen LogP contribution in [0, 0.1) is 13.8 Å². The Morgan fingerprint density at radius 1 is 0.657 bits per heavy atom. The average Bonchev–Trinajstić information content (AvgIpc) is 3.31. The Morgan fingerprint density at radius 3 is 1.88 bits per heavy atom. The van der Waals surface area contributed by atoms with E-state index in [0.717, 1.165) is 28.9 Å². The summed E-state index contributed by atoms with van der Waals surface area (Å²) in [7, 11) is 2.28. The molecule has 3 aliphatic rings. The van der Waals surface area contributed by atoms with E-state index in [-0.39, 0.29) is 22.3 Å². The van der Waals surface area contributed by atoms with Crippen molar-refractivity contribution in [2.75, 3.05) is 28.7 Å². The number of nitrogens with zero attached hydrogens (tertiary/aromatic N) is 2. The maximum atomic E-state index is 4.43. The smallest absolute Gasteiger partial charge is 0.0604 e. The van der Waals surface area contributed by atoms with Crippen molar-refractivity contribution in [1.82, 2.24) is 0 Å². The third-order valence-corrected chi connectivity index (χ3v) is 16.3. The minimum atomic E-state index is -0.203. The maximum absolute atomic E-state index is 4.43. The number of allylic oxidation sites excluding steroid dienone is 4. The second-order valence-corrected chi connectivity index (χ2v) is 21.7. The molecule has 1 atom stereocenters. The van der Waals surface area contributed by atoms with E-state index >= 15 is 0 Å². The number of hydrogen-bond acceptors (Lipinski definition) is 4. The topological polar surface area (TPSA) is 18.5 Å². The Morgan fingerprint density at radius 2 is 1.22 bits per heavy atom. The monoisotopic (exact) mass is 898 g/mol. The van der Waals surface area contributed by atoms with E-state index in [9.17, 15) is 0 Å². The van der Waals surface area contributed by atoms with Gasteiger partial charge in [0, 0.05) is 62.4 Å². The summed E-state index contributed by atoms with van der Waals surface area (Å²) < 4.78 is 0. The lowest BCUT2D eigenvalue weighted by atomic mass is 9.59. The van der Waals surface area contributed by atoms with E-state index in [4.69, 9.17) is 0 Å². The Labute approximate surface area is 405 Å². The van der Waals surface area contributed by atoms with E-state index in [0.29, 0.717) is 6.54 Å². The Bertz CT molecular complexity index is 3010. The summed E-state index contributed by atoms with van der Waals surface area (Å²) in [5.41, 5.74) is 21.1. The van der Waals surface area contributed by atoms with Crippen LogP contribution in [0.2, 0.25) is 0 Å². The van der Waals surface area contributed by atoms with Crippen LogP contribution in [-0.2, 0) is 16.2 Å². The first-order valence-electron chi connectivity index (χ1n) is 24.0. The highest BCUT2D eigenvalue weighted by molar-refractivity contribution is 7.99. The third-order valence-electron chi connectivity index (χ3n) is 14.9. The van der Waals surface area contributed by atoms with Crippen molar-refractivity contribution in [2.24, 2.45) is 0 Å². The summed E-state index contributed by atoms with van der Waals surface area (Å²) >= 11 is 1.93. The minimum absolute atomic E-state index is 0.0901. The van der Waals surface area contributed by atoms with E-state index in [2.05, 4.69) is 250 Å². The van der Waals surface area contributed by atoms with Gasteiger partial charge in [-0.05, 0) is 137 Å². The van der Waals surface area contributed by atoms with Gasteiger partial charge in [0.1, 0.15) is 0 Å².